The van der Waals surface area contributed by atoms with Crippen LogP contribution >= 0.6 is 0 Å². The van der Waals surface area contributed by atoms with Crippen molar-refractivity contribution in [2.24, 2.45) is 0 Å². The van der Waals surface area contributed by atoms with Crippen LogP contribution in [0.1, 0.15) is 24.0 Å². The fourth-order valence-corrected chi connectivity index (χ4v) is 4.47. The first-order chi connectivity index (χ1) is 15.3. The van der Waals surface area contributed by atoms with Gasteiger partial charge in [0.25, 0.3) is 0 Å². The topological polar surface area (TPSA) is 26.0 Å². The van der Waals surface area contributed by atoms with Crippen LogP contribution in [0.2, 0.25) is 0 Å². The average Bonchev–Trinajstić information content (AvgIpc) is 3.23. The summed E-state index contributed by atoms with van der Waals surface area (Å²) < 4.78 is 6.26. The first-order valence-corrected chi connectivity index (χ1v) is 10.6. The van der Waals surface area contributed by atoms with Gasteiger partial charge in [-0.2, -0.15) is 0 Å². The standard InChI is InChI=1S/C29H21NO/c1-19(20-7-3-2-4-8-20)22-15-16-30-27(18-22)23-12-14-28-26(17-23)25-13-11-21-9-5-6-10-24(21)29(25)31-28/h2-19H,1H3. The van der Waals surface area contributed by atoms with E-state index < -0.39 is 0 Å². The molecule has 6 rings (SSSR count). The molecule has 0 aliphatic heterocycles. The summed E-state index contributed by atoms with van der Waals surface area (Å²) >= 11 is 0. The third kappa shape index (κ3) is 3.00. The summed E-state index contributed by atoms with van der Waals surface area (Å²) in [6.07, 6.45) is 1.91. The van der Waals surface area contributed by atoms with Gasteiger partial charge < -0.3 is 4.42 Å². The predicted octanol–water partition coefficient (Wildman–Crippen LogP) is 7.95. The smallest absolute Gasteiger partial charge is 0.143 e. The van der Waals surface area contributed by atoms with Gasteiger partial charge in [0.15, 0.2) is 0 Å². The molecule has 148 valence electrons. The summed E-state index contributed by atoms with van der Waals surface area (Å²) in [7, 11) is 0. The van der Waals surface area contributed by atoms with E-state index in [4.69, 9.17) is 4.42 Å². The fraction of sp³-hybridized carbons (Fsp3) is 0.0690. The molecule has 0 fully saturated rings. The van der Waals surface area contributed by atoms with E-state index >= 15 is 0 Å². The van der Waals surface area contributed by atoms with Crippen LogP contribution in [0.25, 0.3) is 44.0 Å². The highest BCUT2D eigenvalue weighted by Gasteiger charge is 2.13. The molecule has 2 nitrogen and oxygen atoms in total. The quantitative estimate of drug-likeness (QED) is 0.302. The summed E-state index contributed by atoms with van der Waals surface area (Å²) in [5, 5.41) is 4.61. The first-order valence-electron chi connectivity index (χ1n) is 10.6. The highest BCUT2D eigenvalue weighted by molar-refractivity contribution is 6.15. The van der Waals surface area contributed by atoms with E-state index in [-0.39, 0.29) is 0 Å². The van der Waals surface area contributed by atoms with Gasteiger partial charge in [-0.3, -0.25) is 4.98 Å². The maximum atomic E-state index is 6.26. The lowest BCUT2D eigenvalue weighted by atomic mass is 9.92. The van der Waals surface area contributed by atoms with E-state index in [2.05, 4.69) is 109 Å². The molecule has 6 aromatic rings. The zero-order chi connectivity index (χ0) is 20.8. The number of fused-ring (bicyclic) bond motifs is 5. The molecule has 0 saturated carbocycles. The van der Waals surface area contributed by atoms with E-state index in [0.717, 1.165) is 38.6 Å². The van der Waals surface area contributed by atoms with Gasteiger partial charge in [0.2, 0.25) is 0 Å². The van der Waals surface area contributed by atoms with Crippen molar-refractivity contribution in [2.45, 2.75) is 12.8 Å². The minimum Gasteiger partial charge on any atom is -0.455 e. The lowest BCUT2D eigenvalue weighted by molar-refractivity contribution is 0.672. The zero-order valence-corrected chi connectivity index (χ0v) is 17.2. The Bertz CT molecular complexity index is 1550. The number of benzene rings is 4. The van der Waals surface area contributed by atoms with Crippen LogP contribution in [0.4, 0.5) is 0 Å². The minimum atomic E-state index is 0.313. The van der Waals surface area contributed by atoms with Gasteiger partial charge in [0.1, 0.15) is 11.2 Å². The van der Waals surface area contributed by atoms with Crippen LogP contribution < -0.4 is 0 Å². The normalized spacial score (nSPS) is 12.5. The largest absolute Gasteiger partial charge is 0.455 e. The van der Waals surface area contributed by atoms with Crippen LogP contribution in [-0.4, -0.2) is 4.98 Å². The highest BCUT2D eigenvalue weighted by atomic mass is 16.3. The molecule has 1 unspecified atom stereocenters. The third-order valence-corrected chi connectivity index (χ3v) is 6.24. The molecule has 4 aromatic carbocycles. The molecular weight excluding hydrogens is 378 g/mol. The Balaban J connectivity index is 1.48. The summed E-state index contributed by atoms with van der Waals surface area (Å²) in [6.45, 7) is 2.24. The summed E-state index contributed by atoms with van der Waals surface area (Å²) in [4.78, 5) is 4.68. The molecule has 0 bridgehead atoms. The van der Waals surface area contributed by atoms with Gasteiger partial charge in [-0.05, 0) is 52.9 Å². The van der Waals surface area contributed by atoms with Crippen molar-refractivity contribution >= 4 is 32.7 Å². The molecule has 1 atom stereocenters. The Labute approximate surface area is 180 Å². The molecule has 2 heterocycles. The number of furan rings is 1. The first kappa shape index (κ1) is 17.9. The minimum absolute atomic E-state index is 0.313. The molecule has 0 spiro atoms. The van der Waals surface area contributed by atoms with E-state index in [1.807, 2.05) is 6.20 Å². The lowest BCUT2D eigenvalue weighted by Crippen LogP contribution is -1.97. The van der Waals surface area contributed by atoms with Crippen LogP contribution in [0.3, 0.4) is 0 Å². The molecule has 0 amide bonds. The van der Waals surface area contributed by atoms with Crippen molar-refractivity contribution in [2.75, 3.05) is 0 Å². The van der Waals surface area contributed by atoms with Crippen molar-refractivity contribution in [1.29, 1.82) is 0 Å². The SMILES string of the molecule is CC(c1ccccc1)c1ccnc(-c2ccc3oc4c5ccccc5ccc4c3c2)c1. The number of nitrogens with zero attached hydrogens (tertiary/aromatic N) is 1. The Morgan fingerprint density at radius 3 is 2.42 bits per heavy atom. The summed E-state index contributed by atoms with van der Waals surface area (Å²) in [5.74, 6) is 0.313. The predicted molar refractivity (Wildman–Crippen MR) is 128 cm³/mol. The number of pyridine rings is 1. The second-order valence-corrected chi connectivity index (χ2v) is 8.08. The number of rotatable bonds is 3. The van der Waals surface area contributed by atoms with Crippen molar-refractivity contribution in [3.8, 4) is 11.3 Å². The molecule has 0 radical (unpaired) electrons. The zero-order valence-electron chi connectivity index (χ0n) is 17.2. The molecule has 2 aromatic heterocycles. The van der Waals surface area contributed by atoms with Gasteiger partial charge in [-0.1, -0.05) is 67.6 Å². The Kier molecular flexibility index (Phi) is 4.10. The van der Waals surface area contributed by atoms with Crippen LogP contribution in [0.5, 0.6) is 0 Å². The van der Waals surface area contributed by atoms with Crippen molar-refractivity contribution in [3.05, 3.63) is 114 Å². The average molecular weight is 399 g/mol. The lowest BCUT2D eigenvalue weighted by Gasteiger charge is -2.13. The monoisotopic (exact) mass is 399 g/mol. The van der Waals surface area contributed by atoms with Crippen LogP contribution in [-0.2, 0) is 0 Å². The molecule has 0 N–H and O–H groups in total. The van der Waals surface area contributed by atoms with Crippen molar-refractivity contribution < 1.29 is 4.42 Å². The van der Waals surface area contributed by atoms with Crippen molar-refractivity contribution in [1.82, 2.24) is 4.98 Å². The molecule has 31 heavy (non-hydrogen) atoms. The molecule has 2 heteroatoms. The van der Waals surface area contributed by atoms with Crippen LogP contribution in [0, 0.1) is 0 Å². The second kappa shape index (κ2) is 7.10. The molecular formula is C29H21NO. The number of hydrogen-bond acceptors (Lipinski definition) is 2. The Morgan fingerprint density at radius 2 is 1.52 bits per heavy atom. The van der Waals surface area contributed by atoms with E-state index in [1.54, 1.807) is 0 Å². The van der Waals surface area contributed by atoms with E-state index in [9.17, 15) is 0 Å². The second-order valence-electron chi connectivity index (χ2n) is 8.08. The summed E-state index contributed by atoms with van der Waals surface area (Å²) in [6, 6.07) is 34.0. The van der Waals surface area contributed by atoms with Gasteiger partial charge in [-0.15, -0.1) is 0 Å². The van der Waals surface area contributed by atoms with Gasteiger partial charge in [0, 0.05) is 33.8 Å². The Morgan fingerprint density at radius 1 is 0.677 bits per heavy atom. The molecule has 0 saturated heterocycles. The van der Waals surface area contributed by atoms with Gasteiger partial charge >= 0.3 is 0 Å². The molecule has 0 aliphatic rings. The highest BCUT2D eigenvalue weighted by Crippen LogP contribution is 2.36. The van der Waals surface area contributed by atoms with E-state index in [1.165, 1.54) is 16.5 Å². The Hall–Kier alpha value is -3.91. The van der Waals surface area contributed by atoms with Gasteiger partial charge in [-0.25, -0.2) is 0 Å². The fourth-order valence-electron chi connectivity index (χ4n) is 4.47. The third-order valence-electron chi connectivity index (χ3n) is 6.24. The van der Waals surface area contributed by atoms with Crippen LogP contribution in [0.15, 0.2) is 108 Å². The molecule has 0 aliphatic carbocycles. The number of aromatic nitrogens is 1. The maximum absolute atomic E-state index is 6.26. The van der Waals surface area contributed by atoms with Gasteiger partial charge in [0.05, 0.1) is 5.69 Å². The van der Waals surface area contributed by atoms with Crippen molar-refractivity contribution in [3.63, 3.8) is 0 Å². The number of hydrogen-bond donors (Lipinski definition) is 0. The summed E-state index contributed by atoms with van der Waals surface area (Å²) in [5.41, 5.74) is 6.51. The maximum Gasteiger partial charge on any atom is 0.143 e. The van der Waals surface area contributed by atoms with E-state index in [0.29, 0.717) is 5.92 Å².